The van der Waals surface area contributed by atoms with Crippen LogP contribution in [0.5, 0.6) is 11.5 Å². The minimum Gasteiger partial charge on any atom is -0.475 e. The van der Waals surface area contributed by atoms with Crippen LogP contribution in [0, 0.1) is 17.0 Å². The van der Waals surface area contributed by atoms with Crippen molar-refractivity contribution in [2.24, 2.45) is 0 Å². The Bertz CT molecular complexity index is 1010. The number of hydrogen-bond acceptors (Lipinski definition) is 10. The van der Waals surface area contributed by atoms with E-state index in [0.717, 1.165) is 6.07 Å². The molecule has 0 saturated heterocycles. The molecule has 0 bridgehead atoms. The third-order valence-corrected chi connectivity index (χ3v) is 3.95. The molecule has 1 aromatic carbocycles. The number of nitrogens with zero attached hydrogens (tertiary/aromatic N) is 1. The summed E-state index contributed by atoms with van der Waals surface area (Å²) in [5.74, 6) is -2.88. The Morgan fingerprint density at radius 3 is 2.40 bits per heavy atom. The van der Waals surface area contributed by atoms with Crippen molar-refractivity contribution in [3.8, 4) is 11.5 Å². The van der Waals surface area contributed by atoms with Crippen molar-refractivity contribution in [2.75, 3.05) is 13.4 Å². The standard InChI is InChI=1S/C18H15F6NO10/c1-8-3-11(35-18(22,23)24)4-10-5-12(14(17(19,20)21)34-13(8)10)15(26)30-7-31-16(27)33-9(2)6-32-25(28)29/h3-5,9,14H,6-7H2,1-2H3. The van der Waals surface area contributed by atoms with Gasteiger partial charge in [-0.2, -0.15) is 13.2 Å². The molecule has 0 radical (unpaired) electrons. The number of carbonyl (C=O) groups is 2. The molecule has 2 unspecified atom stereocenters. The second-order valence-corrected chi connectivity index (χ2v) is 6.74. The maximum absolute atomic E-state index is 13.5. The lowest BCUT2D eigenvalue weighted by Crippen LogP contribution is -2.41. The number of alkyl halides is 6. The van der Waals surface area contributed by atoms with Crippen molar-refractivity contribution in [2.45, 2.75) is 38.6 Å². The summed E-state index contributed by atoms with van der Waals surface area (Å²) < 4.78 is 99.9. The minimum atomic E-state index is -5.14. The fourth-order valence-electron chi connectivity index (χ4n) is 2.67. The maximum atomic E-state index is 13.5. The van der Waals surface area contributed by atoms with Gasteiger partial charge < -0.3 is 28.5 Å². The monoisotopic (exact) mass is 519 g/mol. The van der Waals surface area contributed by atoms with Crippen LogP contribution in [-0.4, -0.2) is 55.4 Å². The van der Waals surface area contributed by atoms with E-state index >= 15 is 0 Å². The number of esters is 1. The highest BCUT2D eigenvalue weighted by Gasteiger charge is 2.49. The van der Waals surface area contributed by atoms with Crippen molar-refractivity contribution < 1.29 is 69.5 Å². The summed E-state index contributed by atoms with van der Waals surface area (Å²) in [7, 11) is 0. The Kier molecular flexibility index (Phi) is 8.24. The first-order valence-corrected chi connectivity index (χ1v) is 9.20. The highest BCUT2D eigenvalue weighted by molar-refractivity contribution is 5.96. The van der Waals surface area contributed by atoms with Crippen LogP contribution in [0.3, 0.4) is 0 Å². The lowest BCUT2D eigenvalue weighted by Gasteiger charge is -2.29. The molecule has 0 aromatic heterocycles. The van der Waals surface area contributed by atoms with Gasteiger partial charge in [0.2, 0.25) is 12.9 Å². The fraction of sp³-hybridized carbons (Fsp3) is 0.444. The highest BCUT2D eigenvalue weighted by atomic mass is 19.4. The molecular weight excluding hydrogens is 504 g/mol. The number of fused-ring (bicyclic) bond motifs is 1. The van der Waals surface area contributed by atoms with Crippen LogP contribution in [0.1, 0.15) is 18.1 Å². The molecule has 194 valence electrons. The maximum Gasteiger partial charge on any atom is 0.573 e. The van der Waals surface area contributed by atoms with E-state index < -0.39 is 72.4 Å². The third-order valence-electron chi connectivity index (χ3n) is 3.95. The van der Waals surface area contributed by atoms with E-state index in [9.17, 15) is 46.0 Å². The normalized spacial score (nSPS) is 16.1. The molecule has 0 amide bonds. The quantitative estimate of drug-likeness (QED) is 0.164. The van der Waals surface area contributed by atoms with Gasteiger partial charge in [-0.25, -0.2) is 9.59 Å². The van der Waals surface area contributed by atoms with Crippen molar-refractivity contribution in [3.05, 3.63) is 38.9 Å². The topological polar surface area (TPSA) is 133 Å². The van der Waals surface area contributed by atoms with Gasteiger partial charge in [-0.15, -0.1) is 23.3 Å². The van der Waals surface area contributed by atoms with Gasteiger partial charge in [-0.1, -0.05) is 0 Å². The molecule has 0 spiro atoms. The third kappa shape index (κ3) is 8.11. The van der Waals surface area contributed by atoms with Crippen molar-refractivity contribution in [1.82, 2.24) is 0 Å². The Labute approximate surface area is 191 Å². The first kappa shape index (κ1) is 27.3. The molecule has 1 aromatic rings. The van der Waals surface area contributed by atoms with Crippen LogP contribution < -0.4 is 9.47 Å². The Morgan fingerprint density at radius 2 is 1.83 bits per heavy atom. The smallest absolute Gasteiger partial charge is 0.475 e. The minimum absolute atomic E-state index is 0.138. The Morgan fingerprint density at radius 1 is 1.17 bits per heavy atom. The van der Waals surface area contributed by atoms with Crippen LogP contribution >= 0.6 is 0 Å². The number of benzene rings is 1. The van der Waals surface area contributed by atoms with Gasteiger partial charge in [0.25, 0.3) is 5.09 Å². The molecule has 0 aliphatic carbocycles. The second-order valence-electron chi connectivity index (χ2n) is 6.74. The zero-order valence-corrected chi connectivity index (χ0v) is 17.6. The molecule has 2 atom stereocenters. The SMILES string of the molecule is Cc1cc(OC(F)(F)F)cc2c1OC(C(F)(F)F)C(C(=O)OCOC(=O)OC(C)CO[N+](=O)[O-])=C2. The first-order chi connectivity index (χ1) is 16.1. The van der Waals surface area contributed by atoms with E-state index in [0.29, 0.717) is 12.1 Å². The molecule has 17 heteroatoms. The Hall–Kier alpha value is -3.92. The summed E-state index contributed by atoms with van der Waals surface area (Å²) in [5, 5.41) is 8.91. The zero-order chi connectivity index (χ0) is 26.6. The van der Waals surface area contributed by atoms with Gasteiger partial charge >= 0.3 is 24.7 Å². The summed E-state index contributed by atoms with van der Waals surface area (Å²) in [6.07, 6.45) is -15.1. The largest absolute Gasteiger partial charge is 0.573 e. The van der Waals surface area contributed by atoms with Gasteiger partial charge in [0.05, 0.1) is 5.57 Å². The number of hydrogen-bond donors (Lipinski definition) is 0. The predicted octanol–water partition coefficient (Wildman–Crippen LogP) is 3.85. The van der Waals surface area contributed by atoms with Gasteiger partial charge in [-0.3, -0.25) is 0 Å². The van der Waals surface area contributed by atoms with Gasteiger partial charge in [-0.05, 0) is 37.6 Å². The van der Waals surface area contributed by atoms with E-state index in [1.165, 1.54) is 13.8 Å². The predicted molar refractivity (Wildman–Crippen MR) is 97.2 cm³/mol. The summed E-state index contributed by atoms with van der Waals surface area (Å²) in [4.78, 5) is 37.7. The Balaban J connectivity index is 2.14. The molecule has 35 heavy (non-hydrogen) atoms. The molecule has 11 nitrogen and oxygen atoms in total. The molecule has 0 fully saturated rings. The van der Waals surface area contributed by atoms with E-state index in [1.54, 1.807) is 0 Å². The lowest BCUT2D eigenvalue weighted by molar-refractivity contribution is -0.759. The summed E-state index contributed by atoms with van der Waals surface area (Å²) in [5.41, 5.74) is -1.63. The summed E-state index contributed by atoms with van der Waals surface area (Å²) in [6.45, 7) is 0.471. The number of halogens is 6. The average Bonchev–Trinajstić information content (AvgIpc) is 2.69. The molecule has 0 saturated carbocycles. The summed E-state index contributed by atoms with van der Waals surface area (Å²) in [6, 6.07) is 1.51. The first-order valence-electron chi connectivity index (χ1n) is 9.20. The lowest BCUT2D eigenvalue weighted by atomic mass is 9.99. The molecule has 2 rings (SSSR count). The molecular formula is C18H15F6NO10. The van der Waals surface area contributed by atoms with Gasteiger partial charge in [0.1, 0.15) is 24.2 Å². The highest BCUT2D eigenvalue weighted by Crippen LogP contribution is 2.41. The van der Waals surface area contributed by atoms with Crippen molar-refractivity contribution in [3.63, 3.8) is 0 Å². The zero-order valence-electron chi connectivity index (χ0n) is 17.6. The molecule has 1 aliphatic heterocycles. The van der Waals surface area contributed by atoms with Gasteiger partial charge in [0, 0.05) is 5.56 Å². The van der Waals surface area contributed by atoms with Crippen LogP contribution in [0.4, 0.5) is 31.1 Å². The summed E-state index contributed by atoms with van der Waals surface area (Å²) >= 11 is 0. The van der Waals surface area contributed by atoms with Crippen LogP contribution in [0.2, 0.25) is 0 Å². The molecule has 1 heterocycles. The van der Waals surface area contributed by atoms with E-state index in [4.69, 9.17) is 4.74 Å². The van der Waals surface area contributed by atoms with Crippen molar-refractivity contribution >= 4 is 18.2 Å². The average molecular weight is 519 g/mol. The number of aryl methyl sites for hydroxylation is 1. The van der Waals surface area contributed by atoms with Crippen molar-refractivity contribution in [1.29, 1.82) is 0 Å². The van der Waals surface area contributed by atoms with E-state index in [2.05, 4.69) is 23.8 Å². The van der Waals surface area contributed by atoms with E-state index in [1.807, 2.05) is 0 Å². The second kappa shape index (κ2) is 10.6. The van der Waals surface area contributed by atoms with E-state index in [-0.39, 0.29) is 11.1 Å². The van der Waals surface area contributed by atoms with Gasteiger partial charge in [0.15, 0.2) is 0 Å². The number of carbonyl (C=O) groups excluding carboxylic acids is 2. The van der Waals surface area contributed by atoms with Crippen LogP contribution in [0.15, 0.2) is 17.7 Å². The fourth-order valence-corrected chi connectivity index (χ4v) is 2.67. The van der Waals surface area contributed by atoms with Crippen LogP contribution in [-0.2, 0) is 23.8 Å². The number of ether oxygens (including phenoxy) is 5. The molecule has 1 aliphatic rings. The van der Waals surface area contributed by atoms with Crippen LogP contribution in [0.25, 0.3) is 6.08 Å². The molecule has 0 N–H and O–H groups in total. The number of rotatable bonds is 8.